The predicted octanol–water partition coefficient (Wildman–Crippen LogP) is 3.59. The molecule has 0 bridgehead atoms. The summed E-state index contributed by atoms with van der Waals surface area (Å²) in [6.45, 7) is 0. The van der Waals surface area contributed by atoms with Crippen LogP contribution in [0, 0.1) is 0 Å². The van der Waals surface area contributed by atoms with E-state index in [9.17, 15) is 9.59 Å². The molecule has 0 atom stereocenters. The molecule has 0 spiro atoms. The second-order valence-electron chi connectivity index (χ2n) is 4.85. The van der Waals surface area contributed by atoms with E-state index in [0.29, 0.717) is 10.7 Å². The van der Waals surface area contributed by atoms with Gasteiger partial charge in [0, 0.05) is 0 Å². The van der Waals surface area contributed by atoms with Crippen LogP contribution in [0.15, 0.2) is 42.5 Å². The minimum atomic E-state index is -0.273. The Morgan fingerprint density at radius 3 is 2.35 bits per heavy atom. The second-order valence-corrected chi connectivity index (χ2v) is 5.57. The van der Waals surface area contributed by atoms with Crippen LogP contribution in [0.5, 0.6) is 0 Å². The number of amides is 1. The van der Waals surface area contributed by atoms with Gasteiger partial charge in [-0.1, -0.05) is 41.9 Å². The Bertz CT molecular complexity index is 716. The molecule has 0 heterocycles. The van der Waals surface area contributed by atoms with Crippen molar-refractivity contribution in [2.75, 3.05) is 18.2 Å². The van der Waals surface area contributed by atoms with Crippen LogP contribution in [0.4, 0.5) is 5.69 Å². The number of anilines is 1. The molecule has 120 valence electrons. The summed E-state index contributed by atoms with van der Waals surface area (Å²) in [5.41, 5.74) is 3.32. The first-order valence-corrected chi connectivity index (χ1v) is 7.91. The van der Waals surface area contributed by atoms with Crippen LogP contribution in [0.3, 0.4) is 0 Å². The lowest BCUT2D eigenvalue weighted by Gasteiger charge is -2.09. The third-order valence-corrected chi connectivity index (χ3v) is 3.85. The van der Waals surface area contributed by atoms with Gasteiger partial charge in [-0.05, 0) is 28.8 Å². The van der Waals surface area contributed by atoms with Gasteiger partial charge in [0.25, 0.3) is 0 Å². The normalized spacial score (nSPS) is 10.2. The first kappa shape index (κ1) is 17.4. The Hall–Kier alpha value is -1.98. The van der Waals surface area contributed by atoms with Gasteiger partial charge >= 0.3 is 5.97 Å². The molecule has 2 aromatic rings. The molecule has 4 nitrogen and oxygen atoms in total. The smallest absolute Gasteiger partial charge is 0.309 e. The summed E-state index contributed by atoms with van der Waals surface area (Å²) in [7, 11) is 1.37. The molecular formula is C17H16ClNO3S. The average molecular weight is 350 g/mol. The van der Waals surface area contributed by atoms with Crippen molar-refractivity contribution in [2.24, 2.45) is 0 Å². The number of esters is 1. The molecule has 6 heteroatoms. The van der Waals surface area contributed by atoms with E-state index in [1.54, 1.807) is 12.1 Å². The number of ether oxygens (including phenoxy) is 1. The zero-order chi connectivity index (χ0) is 16.8. The van der Waals surface area contributed by atoms with Crippen molar-refractivity contribution in [2.45, 2.75) is 6.42 Å². The summed E-state index contributed by atoms with van der Waals surface area (Å²) >= 11 is 10.1. The van der Waals surface area contributed by atoms with Crippen LogP contribution in [0.25, 0.3) is 11.1 Å². The SMILES string of the molecule is COC(=O)Cc1ccc(-c2ccc(NC(=O)CS)c(Cl)c2)cc1. The van der Waals surface area contributed by atoms with Crippen molar-refractivity contribution in [3.63, 3.8) is 0 Å². The molecule has 0 saturated heterocycles. The molecular weight excluding hydrogens is 334 g/mol. The minimum Gasteiger partial charge on any atom is -0.469 e. The highest BCUT2D eigenvalue weighted by molar-refractivity contribution is 7.81. The first-order chi connectivity index (χ1) is 11.0. The molecule has 1 amide bonds. The number of nitrogens with one attached hydrogen (secondary N) is 1. The maximum Gasteiger partial charge on any atom is 0.309 e. The molecule has 0 fully saturated rings. The Morgan fingerprint density at radius 2 is 1.78 bits per heavy atom. The number of carbonyl (C=O) groups excluding carboxylic acids is 2. The molecule has 0 radical (unpaired) electrons. The topological polar surface area (TPSA) is 55.4 Å². The monoisotopic (exact) mass is 349 g/mol. The quantitative estimate of drug-likeness (QED) is 0.640. The van der Waals surface area contributed by atoms with Crippen LogP contribution in [-0.2, 0) is 20.7 Å². The maximum atomic E-state index is 11.4. The van der Waals surface area contributed by atoms with Crippen LogP contribution < -0.4 is 5.32 Å². The fourth-order valence-electron chi connectivity index (χ4n) is 2.04. The number of thiol groups is 1. The van der Waals surface area contributed by atoms with E-state index in [-0.39, 0.29) is 24.1 Å². The summed E-state index contributed by atoms with van der Waals surface area (Å²) in [5.74, 6) is -0.389. The van der Waals surface area contributed by atoms with Gasteiger partial charge in [0.15, 0.2) is 0 Å². The predicted molar refractivity (Wildman–Crippen MR) is 95.1 cm³/mol. The number of hydrogen-bond acceptors (Lipinski definition) is 4. The molecule has 0 unspecified atom stereocenters. The van der Waals surface area contributed by atoms with E-state index in [1.807, 2.05) is 30.3 Å². The van der Waals surface area contributed by atoms with Crippen molar-refractivity contribution >= 4 is 41.8 Å². The third kappa shape index (κ3) is 4.74. The van der Waals surface area contributed by atoms with Crippen LogP contribution >= 0.6 is 24.2 Å². The van der Waals surface area contributed by atoms with E-state index in [2.05, 4.69) is 22.7 Å². The van der Waals surface area contributed by atoms with Gasteiger partial charge in [-0.3, -0.25) is 9.59 Å². The summed E-state index contributed by atoms with van der Waals surface area (Å²) in [5, 5.41) is 3.13. The molecule has 2 rings (SSSR count). The number of methoxy groups -OCH3 is 1. The van der Waals surface area contributed by atoms with Crippen molar-refractivity contribution in [1.29, 1.82) is 0 Å². The molecule has 2 aromatic carbocycles. The lowest BCUT2D eigenvalue weighted by atomic mass is 10.0. The highest BCUT2D eigenvalue weighted by Crippen LogP contribution is 2.29. The molecule has 0 aromatic heterocycles. The summed E-state index contributed by atoms with van der Waals surface area (Å²) < 4.78 is 4.64. The zero-order valence-electron chi connectivity index (χ0n) is 12.5. The Kier molecular flexibility index (Phi) is 6.07. The number of carbonyl (C=O) groups is 2. The van der Waals surface area contributed by atoms with Crippen molar-refractivity contribution in [3.05, 3.63) is 53.1 Å². The Balaban J connectivity index is 2.17. The van der Waals surface area contributed by atoms with Gasteiger partial charge in [-0.25, -0.2) is 0 Å². The summed E-state index contributed by atoms with van der Waals surface area (Å²) in [6.07, 6.45) is 0.242. The van der Waals surface area contributed by atoms with Crippen molar-refractivity contribution in [3.8, 4) is 11.1 Å². The molecule has 0 saturated carbocycles. The number of hydrogen-bond donors (Lipinski definition) is 2. The van der Waals surface area contributed by atoms with E-state index in [4.69, 9.17) is 11.6 Å². The molecule has 23 heavy (non-hydrogen) atoms. The van der Waals surface area contributed by atoms with Crippen LogP contribution in [0.2, 0.25) is 5.02 Å². The van der Waals surface area contributed by atoms with Gasteiger partial charge in [0.1, 0.15) is 0 Å². The lowest BCUT2D eigenvalue weighted by Crippen LogP contribution is -2.12. The summed E-state index contributed by atoms with van der Waals surface area (Å²) in [6, 6.07) is 13.0. The third-order valence-electron chi connectivity index (χ3n) is 3.25. The number of halogens is 1. The first-order valence-electron chi connectivity index (χ1n) is 6.90. The largest absolute Gasteiger partial charge is 0.469 e. The molecule has 0 aliphatic rings. The van der Waals surface area contributed by atoms with E-state index in [0.717, 1.165) is 16.7 Å². The Morgan fingerprint density at radius 1 is 1.13 bits per heavy atom. The molecule has 0 aliphatic heterocycles. The van der Waals surface area contributed by atoms with Crippen LogP contribution in [-0.4, -0.2) is 24.7 Å². The van der Waals surface area contributed by atoms with Gasteiger partial charge < -0.3 is 10.1 Å². The van der Waals surface area contributed by atoms with Gasteiger partial charge in [0.2, 0.25) is 5.91 Å². The van der Waals surface area contributed by atoms with E-state index < -0.39 is 0 Å². The second kappa shape index (κ2) is 8.04. The number of rotatable bonds is 5. The van der Waals surface area contributed by atoms with Gasteiger partial charge in [0.05, 0.1) is 30.0 Å². The highest BCUT2D eigenvalue weighted by Gasteiger charge is 2.07. The minimum absolute atomic E-state index is 0.0970. The fourth-order valence-corrected chi connectivity index (χ4v) is 2.35. The number of benzene rings is 2. The molecule has 1 N–H and O–H groups in total. The van der Waals surface area contributed by atoms with Crippen molar-refractivity contribution < 1.29 is 14.3 Å². The van der Waals surface area contributed by atoms with Crippen molar-refractivity contribution in [1.82, 2.24) is 0 Å². The fraction of sp³-hybridized carbons (Fsp3) is 0.176. The standard InChI is InChI=1S/C17H16ClNO3S/c1-22-17(21)8-11-2-4-12(5-3-11)13-6-7-15(14(18)9-13)19-16(20)10-23/h2-7,9,23H,8,10H2,1H3,(H,19,20). The zero-order valence-corrected chi connectivity index (χ0v) is 14.2. The van der Waals surface area contributed by atoms with Gasteiger partial charge in [-0.15, -0.1) is 0 Å². The lowest BCUT2D eigenvalue weighted by molar-refractivity contribution is -0.139. The van der Waals surface area contributed by atoms with Crippen LogP contribution in [0.1, 0.15) is 5.56 Å². The highest BCUT2D eigenvalue weighted by atomic mass is 35.5. The van der Waals surface area contributed by atoms with E-state index >= 15 is 0 Å². The molecule has 0 aliphatic carbocycles. The summed E-state index contributed by atoms with van der Waals surface area (Å²) in [4.78, 5) is 22.6. The van der Waals surface area contributed by atoms with Gasteiger partial charge in [-0.2, -0.15) is 12.6 Å². The Labute approximate surface area is 145 Å². The average Bonchev–Trinajstić information content (AvgIpc) is 2.57. The van der Waals surface area contributed by atoms with E-state index in [1.165, 1.54) is 7.11 Å². The maximum absolute atomic E-state index is 11.4.